The Kier molecular flexibility index (Phi) is 3.17. The molecule has 1 N–H and O–H groups in total. The van der Waals surface area contributed by atoms with Crippen molar-refractivity contribution >= 4 is 0 Å². The van der Waals surface area contributed by atoms with Crippen molar-refractivity contribution in [1.82, 2.24) is 0 Å². The zero-order chi connectivity index (χ0) is 10.8. The number of aliphatic hydroxyl groups excluding tert-OH is 1. The summed E-state index contributed by atoms with van der Waals surface area (Å²) in [5, 5.41) is 8.78. The van der Waals surface area contributed by atoms with E-state index < -0.39 is 18.0 Å². The summed E-state index contributed by atoms with van der Waals surface area (Å²) in [7, 11) is 1.39. The van der Waals surface area contributed by atoms with Crippen LogP contribution in [0.3, 0.4) is 0 Å². The molecule has 0 aromatic carbocycles. The summed E-state index contributed by atoms with van der Waals surface area (Å²) in [6, 6.07) is 2.40. The molecule has 1 aromatic rings. The Morgan fingerprint density at radius 2 is 2.14 bits per heavy atom. The van der Waals surface area contributed by atoms with E-state index in [4.69, 9.17) is 9.52 Å². The highest BCUT2D eigenvalue weighted by Gasteiger charge is 2.41. The highest BCUT2D eigenvalue weighted by atomic mass is 19.4. The quantitative estimate of drug-likeness (QED) is 0.829. The second-order valence-corrected chi connectivity index (χ2v) is 2.68. The van der Waals surface area contributed by atoms with Crippen LogP contribution in [-0.4, -0.2) is 18.4 Å². The number of hydrogen-bond acceptors (Lipinski definition) is 3. The van der Waals surface area contributed by atoms with E-state index in [1.54, 1.807) is 0 Å². The van der Waals surface area contributed by atoms with Crippen LogP contribution in [0.15, 0.2) is 16.5 Å². The van der Waals surface area contributed by atoms with Gasteiger partial charge in [-0.3, -0.25) is 0 Å². The van der Waals surface area contributed by atoms with Crippen molar-refractivity contribution in [3.63, 3.8) is 0 Å². The molecule has 0 fully saturated rings. The minimum atomic E-state index is -4.71. The van der Waals surface area contributed by atoms with E-state index in [1.165, 1.54) is 13.2 Å². The lowest BCUT2D eigenvalue weighted by molar-refractivity contribution is -0.211. The average molecular weight is 210 g/mol. The fraction of sp³-hybridized carbons (Fsp3) is 0.500. The molecule has 0 saturated heterocycles. The molecular formula is C8H9F3O3. The topological polar surface area (TPSA) is 42.6 Å². The second kappa shape index (κ2) is 4.02. The number of methoxy groups -OCH3 is 1. The first kappa shape index (κ1) is 11.1. The van der Waals surface area contributed by atoms with E-state index in [9.17, 15) is 13.2 Å². The van der Waals surface area contributed by atoms with Crippen LogP contribution in [0.2, 0.25) is 0 Å². The SMILES string of the molecule is COCc1ccc([C@H](O)C(F)(F)F)o1. The minimum Gasteiger partial charge on any atom is -0.460 e. The number of furan rings is 1. The van der Waals surface area contributed by atoms with Gasteiger partial charge in [0, 0.05) is 7.11 Å². The van der Waals surface area contributed by atoms with E-state index in [2.05, 4.69) is 4.74 Å². The van der Waals surface area contributed by atoms with Crippen LogP contribution in [-0.2, 0) is 11.3 Å². The van der Waals surface area contributed by atoms with Crippen LogP contribution in [0.1, 0.15) is 17.6 Å². The van der Waals surface area contributed by atoms with Crippen molar-refractivity contribution in [3.05, 3.63) is 23.7 Å². The van der Waals surface area contributed by atoms with Crippen LogP contribution in [0.5, 0.6) is 0 Å². The number of halogens is 3. The number of alkyl halides is 3. The molecule has 3 nitrogen and oxygen atoms in total. The van der Waals surface area contributed by atoms with Crippen molar-refractivity contribution in [1.29, 1.82) is 0 Å². The van der Waals surface area contributed by atoms with Crippen LogP contribution in [0.25, 0.3) is 0 Å². The fourth-order valence-corrected chi connectivity index (χ4v) is 0.923. The monoisotopic (exact) mass is 210 g/mol. The van der Waals surface area contributed by atoms with Gasteiger partial charge in [0.2, 0.25) is 6.10 Å². The molecule has 1 atom stereocenters. The zero-order valence-corrected chi connectivity index (χ0v) is 7.34. The summed E-state index contributed by atoms with van der Waals surface area (Å²) < 4.78 is 45.3. The molecule has 14 heavy (non-hydrogen) atoms. The van der Waals surface area contributed by atoms with Gasteiger partial charge in [0.05, 0.1) is 0 Å². The Hall–Kier alpha value is -1.01. The zero-order valence-electron chi connectivity index (χ0n) is 7.34. The van der Waals surface area contributed by atoms with E-state index in [-0.39, 0.29) is 12.4 Å². The smallest absolute Gasteiger partial charge is 0.421 e. The third-order valence-electron chi connectivity index (χ3n) is 1.55. The van der Waals surface area contributed by atoms with E-state index in [1.807, 2.05) is 0 Å². The van der Waals surface area contributed by atoms with Crippen molar-refractivity contribution in [2.24, 2.45) is 0 Å². The number of aliphatic hydroxyl groups is 1. The van der Waals surface area contributed by atoms with Gasteiger partial charge in [0.1, 0.15) is 18.1 Å². The standard InChI is InChI=1S/C8H9F3O3/c1-13-4-5-2-3-6(14-5)7(12)8(9,10)11/h2-3,7,12H,4H2,1H3/t7-/m0/s1. The van der Waals surface area contributed by atoms with Crippen molar-refractivity contribution in [3.8, 4) is 0 Å². The third kappa shape index (κ3) is 2.49. The summed E-state index contributed by atoms with van der Waals surface area (Å²) in [6.07, 6.45) is -7.28. The maximum Gasteiger partial charge on any atom is 0.421 e. The van der Waals surface area contributed by atoms with Gasteiger partial charge in [-0.15, -0.1) is 0 Å². The van der Waals surface area contributed by atoms with Crippen molar-refractivity contribution in [2.45, 2.75) is 18.9 Å². The summed E-state index contributed by atoms with van der Waals surface area (Å²) in [4.78, 5) is 0. The molecule has 0 spiro atoms. The Balaban J connectivity index is 2.76. The van der Waals surface area contributed by atoms with Crippen LogP contribution < -0.4 is 0 Å². The van der Waals surface area contributed by atoms with Crippen LogP contribution >= 0.6 is 0 Å². The molecule has 0 amide bonds. The lowest BCUT2D eigenvalue weighted by Gasteiger charge is -2.11. The molecule has 80 valence electrons. The Labute approximate surface area is 78.1 Å². The normalized spacial score (nSPS) is 14.4. The Morgan fingerprint density at radius 1 is 1.50 bits per heavy atom. The van der Waals surface area contributed by atoms with Gasteiger partial charge < -0.3 is 14.3 Å². The lowest BCUT2D eigenvalue weighted by Crippen LogP contribution is -2.19. The summed E-state index contributed by atoms with van der Waals surface area (Å²) in [5.74, 6) is -0.282. The van der Waals surface area contributed by atoms with Crippen molar-refractivity contribution in [2.75, 3.05) is 7.11 Å². The van der Waals surface area contributed by atoms with Crippen molar-refractivity contribution < 1.29 is 27.4 Å². The first-order valence-corrected chi connectivity index (χ1v) is 3.77. The minimum absolute atomic E-state index is 0.0740. The molecule has 0 saturated carbocycles. The lowest BCUT2D eigenvalue weighted by atomic mass is 10.3. The number of hydrogen-bond donors (Lipinski definition) is 1. The first-order chi connectivity index (χ1) is 6.45. The average Bonchev–Trinajstić information content (AvgIpc) is 2.50. The van der Waals surface area contributed by atoms with Gasteiger partial charge in [0.15, 0.2) is 0 Å². The molecule has 0 aliphatic rings. The molecule has 6 heteroatoms. The Bertz CT molecular complexity index is 292. The number of rotatable bonds is 3. The predicted octanol–water partition coefficient (Wildman–Crippen LogP) is 2.02. The summed E-state index contributed by atoms with van der Waals surface area (Å²) in [6.45, 7) is 0.0740. The maximum atomic E-state index is 12.0. The van der Waals surface area contributed by atoms with E-state index in [0.29, 0.717) is 0 Å². The van der Waals surface area contributed by atoms with Crippen LogP contribution in [0.4, 0.5) is 13.2 Å². The fourth-order valence-electron chi connectivity index (χ4n) is 0.923. The van der Waals surface area contributed by atoms with E-state index in [0.717, 1.165) is 6.07 Å². The molecule has 0 aliphatic carbocycles. The third-order valence-corrected chi connectivity index (χ3v) is 1.55. The Morgan fingerprint density at radius 3 is 2.64 bits per heavy atom. The molecule has 0 unspecified atom stereocenters. The molecular weight excluding hydrogens is 201 g/mol. The van der Waals surface area contributed by atoms with Gasteiger partial charge >= 0.3 is 6.18 Å². The van der Waals surface area contributed by atoms with Gasteiger partial charge in [0.25, 0.3) is 0 Å². The van der Waals surface area contributed by atoms with Crippen LogP contribution in [0, 0.1) is 0 Å². The van der Waals surface area contributed by atoms with E-state index >= 15 is 0 Å². The largest absolute Gasteiger partial charge is 0.460 e. The highest BCUT2D eigenvalue weighted by molar-refractivity contribution is 5.10. The molecule has 0 aliphatic heterocycles. The van der Waals surface area contributed by atoms with Gasteiger partial charge in [-0.2, -0.15) is 13.2 Å². The maximum absolute atomic E-state index is 12.0. The molecule has 0 bridgehead atoms. The second-order valence-electron chi connectivity index (χ2n) is 2.68. The summed E-state index contributed by atoms with van der Waals surface area (Å²) in [5.41, 5.74) is 0. The molecule has 1 heterocycles. The first-order valence-electron chi connectivity index (χ1n) is 3.77. The molecule has 1 rings (SSSR count). The predicted molar refractivity (Wildman–Crippen MR) is 40.4 cm³/mol. The van der Waals surface area contributed by atoms with Gasteiger partial charge in [-0.1, -0.05) is 0 Å². The molecule has 0 radical (unpaired) electrons. The summed E-state index contributed by atoms with van der Waals surface area (Å²) >= 11 is 0. The van der Waals surface area contributed by atoms with Gasteiger partial charge in [-0.25, -0.2) is 0 Å². The van der Waals surface area contributed by atoms with Gasteiger partial charge in [-0.05, 0) is 12.1 Å². The number of ether oxygens (including phenoxy) is 1. The highest BCUT2D eigenvalue weighted by Crippen LogP contribution is 2.33. The molecule has 1 aromatic heterocycles.